The topological polar surface area (TPSA) is 67.8 Å². The van der Waals surface area contributed by atoms with Crippen LogP contribution < -0.4 is 10.2 Å². The van der Waals surface area contributed by atoms with Gasteiger partial charge in [-0.2, -0.15) is 5.10 Å². The number of nitrogens with zero attached hydrogens (tertiary/aromatic N) is 1. The molecule has 33 heavy (non-hydrogen) atoms. The van der Waals surface area contributed by atoms with Crippen molar-refractivity contribution in [2.45, 2.75) is 0 Å². The van der Waals surface area contributed by atoms with Crippen LogP contribution in [-0.4, -0.2) is 24.5 Å². The zero-order chi connectivity index (χ0) is 22.9. The molecule has 0 spiro atoms. The van der Waals surface area contributed by atoms with Crippen LogP contribution in [0, 0.1) is 0 Å². The van der Waals surface area contributed by atoms with Gasteiger partial charge in [-0.25, -0.2) is 5.43 Å². The maximum Gasteiger partial charge on any atom is 0.271 e. The Morgan fingerprint density at radius 3 is 1.97 bits per heavy atom. The van der Waals surface area contributed by atoms with Crippen LogP contribution in [0.5, 0.6) is 5.75 Å². The number of carbonyl (C=O) groups excluding carboxylic acids is 2. The summed E-state index contributed by atoms with van der Waals surface area (Å²) in [5.41, 5.74) is 6.59. The molecule has 0 aliphatic carbocycles. The van der Waals surface area contributed by atoms with Crippen molar-refractivity contribution in [2.24, 2.45) is 5.10 Å². The minimum Gasteiger partial charge on any atom is -0.485 e. The van der Waals surface area contributed by atoms with Crippen molar-refractivity contribution >= 4 is 17.9 Å². The fourth-order valence-electron chi connectivity index (χ4n) is 3.18. The summed E-state index contributed by atoms with van der Waals surface area (Å²) in [6, 6.07) is 33.5. The van der Waals surface area contributed by atoms with Gasteiger partial charge in [0, 0.05) is 11.1 Å². The second-order valence-electron chi connectivity index (χ2n) is 7.29. The van der Waals surface area contributed by atoms with Gasteiger partial charge in [0.2, 0.25) is 0 Å². The summed E-state index contributed by atoms with van der Waals surface area (Å²) in [6.45, 7) is -0.0503. The van der Waals surface area contributed by atoms with E-state index in [0.29, 0.717) is 16.9 Å². The second kappa shape index (κ2) is 10.7. The highest BCUT2D eigenvalue weighted by Gasteiger charge is 2.08. The number of hydrogen-bond donors (Lipinski definition) is 1. The van der Waals surface area contributed by atoms with Crippen LogP contribution >= 0.6 is 0 Å². The van der Waals surface area contributed by atoms with Gasteiger partial charge in [-0.15, -0.1) is 0 Å². The maximum absolute atomic E-state index is 12.5. The van der Waals surface area contributed by atoms with Crippen molar-refractivity contribution < 1.29 is 14.3 Å². The highest BCUT2D eigenvalue weighted by Crippen LogP contribution is 2.19. The third kappa shape index (κ3) is 6.02. The fraction of sp³-hybridized carbons (Fsp3) is 0.0357. The minimum absolute atomic E-state index is 0.0503. The summed E-state index contributed by atoms with van der Waals surface area (Å²) in [6.07, 6.45) is 1.55. The molecule has 0 atom stereocenters. The van der Waals surface area contributed by atoms with E-state index < -0.39 is 0 Å². The number of benzene rings is 4. The van der Waals surface area contributed by atoms with Gasteiger partial charge in [-0.3, -0.25) is 9.59 Å². The van der Waals surface area contributed by atoms with Crippen LogP contribution in [0.2, 0.25) is 0 Å². The molecule has 4 aromatic carbocycles. The maximum atomic E-state index is 12.5. The highest BCUT2D eigenvalue weighted by molar-refractivity contribution is 5.97. The largest absolute Gasteiger partial charge is 0.485 e. The number of Topliss-reactive ketones (excluding diaryl/α,β-unsaturated/α-hetero) is 1. The lowest BCUT2D eigenvalue weighted by molar-refractivity contribution is 0.0920. The average molecular weight is 434 g/mol. The number of amides is 1. The zero-order valence-corrected chi connectivity index (χ0v) is 17.8. The monoisotopic (exact) mass is 434 g/mol. The van der Waals surface area contributed by atoms with Gasteiger partial charge in [-0.05, 0) is 53.1 Å². The van der Waals surface area contributed by atoms with E-state index in [1.165, 1.54) is 0 Å². The lowest BCUT2D eigenvalue weighted by atomic mass is 10.0. The molecular weight excluding hydrogens is 412 g/mol. The van der Waals surface area contributed by atoms with E-state index in [4.69, 9.17) is 4.74 Å². The first-order valence-electron chi connectivity index (χ1n) is 10.5. The molecule has 0 heterocycles. The first kappa shape index (κ1) is 21.7. The predicted octanol–water partition coefficient (Wildman–Crippen LogP) is 5.38. The van der Waals surface area contributed by atoms with Crippen molar-refractivity contribution in [3.05, 3.63) is 126 Å². The molecule has 0 radical (unpaired) electrons. The van der Waals surface area contributed by atoms with Crippen molar-refractivity contribution in [1.82, 2.24) is 5.43 Å². The molecule has 4 rings (SSSR count). The van der Waals surface area contributed by atoms with Crippen LogP contribution in [-0.2, 0) is 0 Å². The number of rotatable bonds is 8. The molecule has 5 nitrogen and oxygen atoms in total. The predicted molar refractivity (Wildman–Crippen MR) is 130 cm³/mol. The Kier molecular flexibility index (Phi) is 7.03. The summed E-state index contributed by atoms with van der Waals surface area (Å²) < 4.78 is 5.63. The van der Waals surface area contributed by atoms with Gasteiger partial charge in [0.15, 0.2) is 12.4 Å². The van der Waals surface area contributed by atoms with E-state index in [1.54, 1.807) is 54.7 Å². The quantitative estimate of drug-likeness (QED) is 0.230. The number of ether oxygens (including phenoxy) is 1. The average Bonchev–Trinajstić information content (AvgIpc) is 2.89. The molecule has 0 aliphatic heterocycles. The van der Waals surface area contributed by atoms with E-state index in [-0.39, 0.29) is 18.3 Å². The molecule has 0 aromatic heterocycles. The molecule has 0 bridgehead atoms. The summed E-state index contributed by atoms with van der Waals surface area (Å²) in [5.74, 6) is 0.209. The first-order chi connectivity index (χ1) is 16.2. The van der Waals surface area contributed by atoms with Crippen LogP contribution in [0.25, 0.3) is 11.1 Å². The molecule has 5 heteroatoms. The van der Waals surface area contributed by atoms with Gasteiger partial charge in [0.05, 0.1) is 6.21 Å². The number of hydrogen-bond acceptors (Lipinski definition) is 4. The van der Waals surface area contributed by atoms with Gasteiger partial charge in [0.25, 0.3) is 5.91 Å². The van der Waals surface area contributed by atoms with Gasteiger partial charge in [-0.1, -0.05) is 72.8 Å². The van der Waals surface area contributed by atoms with Crippen LogP contribution in [0.1, 0.15) is 26.3 Å². The fourth-order valence-corrected chi connectivity index (χ4v) is 3.18. The molecule has 1 amide bonds. The van der Waals surface area contributed by atoms with E-state index in [1.807, 2.05) is 60.7 Å². The van der Waals surface area contributed by atoms with Crippen molar-refractivity contribution in [3.63, 3.8) is 0 Å². The van der Waals surface area contributed by atoms with Gasteiger partial charge in [0.1, 0.15) is 5.75 Å². The summed E-state index contributed by atoms with van der Waals surface area (Å²) in [4.78, 5) is 24.4. The minimum atomic E-state index is -0.276. The number of nitrogens with one attached hydrogen (secondary N) is 1. The van der Waals surface area contributed by atoms with Gasteiger partial charge >= 0.3 is 0 Å². The first-order valence-corrected chi connectivity index (χ1v) is 10.5. The molecule has 162 valence electrons. The molecule has 0 unspecified atom stereocenters. The Bertz CT molecular complexity index is 1230. The Morgan fingerprint density at radius 1 is 0.697 bits per heavy atom. The number of ketones is 1. The molecule has 1 N–H and O–H groups in total. The normalized spacial score (nSPS) is 10.7. The molecule has 0 fully saturated rings. The standard InChI is InChI=1S/C28H22N2O3/c31-27(24-15-13-23(14-16-24)22-7-3-1-4-8-22)20-33-26-17-11-21(12-18-26)19-29-30-28(32)25-9-5-2-6-10-25/h1-19H,20H2,(H,30,32)/b29-19-. The Balaban J connectivity index is 1.27. The lowest BCUT2D eigenvalue weighted by Gasteiger charge is -2.07. The van der Waals surface area contributed by atoms with E-state index in [9.17, 15) is 9.59 Å². The molecule has 4 aromatic rings. The molecule has 0 saturated heterocycles. The van der Waals surface area contributed by atoms with E-state index in [2.05, 4.69) is 10.5 Å². The lowest BCUT2D eigenvalue weighted by Crippen LogP contribution is -2.17. The van der Waals surface area contributed by atoms with Crippen LogP contribution in [0.4, 0.5) is 0 Å². The van der Waals surface area contributed by atoms with Crippen molar-refractivity contribution in [3.8, 4) is 16.9 Å². The van der Waals surface area contributed by atoms with Crippen molar-refractivity contribution in [2.75, 3.05) is 6.61 Å². The summed E-state index contributed by atoms with van der Waals surface area (Å²) >= 11 is 0. The van der Waals surface area contributed by atoms with Crippen LogP contribution in [0.15, 0.2) is 114 Å². The third-order valence-corrected chi connectivity index (χ3v) is 4.98. The molecule has 0 aliphatic rings. The second-order valence-corrected chi connectivity index (χ2v) is 7.29. The van der Waals surface area contributed by atoms with E-state index >= 15 is 0 Å². The van der Waals surface area contributed by atoms with E-state index in [0.717, 1.165) is 16.7 Å². The number of hydrazone groups is 1. The van der Waals surface area contributed by atoms with Crippen molar-refractivity contribution in [1.29, 1.82) is 0 Å². The van der Waals surface area contributed by atoms with Gasteiger partial charge < -0.3 is 4.74 Å². The smallest absolute Gasteiger partial charge is 0.271 e. The summed E-state index contributed by atoms with van der Waals surface area (Å²) in [5, 5.41) is 3.97. The highest BCUT2D eigenvalue weighted by atomic mass is 16.5. The Morgan fingerprint density at radius 2 is 1.30 bits per heavy atom. The SMILES string of the molecule is O=C(COc1ccc(/C=N\NC(=O)c2ccccc2)cc1)c1ccc(-c2ccccc2)cc1. The molecular formula is C28H22N2O3. The van der Waals surface area contributed by atoms with Crippen LogP contribution in [0.3, 0.4) is 0 Å². The zero-order valence-electron chi connectivity index (χ0n) is 17.8. The number of carbonyl (C=O) groups is 2. The molecule has 0 saturated carbocycles. The summed E-state index contributed by atoms with van der Waals surface area (Å²) in [7, 11) is 0. The Hall–Kier alpha value is -4.51. The third-order valence-electron chi connectivity index (χ3n) is 4.98. The Labute approximate surface area is 192 Å².